The highest BCUT2D eigenvalue weighted by Gasteiger charge is 2.17. The average molecular weight is 278 g/mol. The number of aliphatic carboxylic acids is 1. The van der Waals surface area contributed by atoms with Crippen molar-refractivity contribution in [2.45, 2.75) is 33.2 Å². The highest BCUT2D eigenvalue weighted by molar-refractivity contribution is 5.83. The quantitative estimate of drug-likeness (QED) is 0.788. The van der Waals surface area contributed by atoms with Crippen LogP contribution in [0.2, 0.25) is 0 Å². The predicted molar refractivity (Wildman–Crippen MR) is 73.1 cm³/mol. The summed E-state index contributed by atoms with van der Waals surface area (Å²) in [5.41, 5.74) is 1.11. The van der Waals surface area contributed by atoms with Crippen LogP contribution < -0.4 is 15.2 Å². The zero-order valence-electron chi connectivity index (χ0n) is 12.0. The van der Waals surface area contributed by atoms with Crippen LogP contribution in [-0.2, 0) is 16.0 Å². The van der Waals surface area contributed by atoms with Gasteiger partial charge in [0.05, 0.1) is 12.0 Å². The van der Waals surface area contributed by atoms with Crippen molar-refractivity contribution in [1.82, 2.24) is 5.32 Å². The fourth-order valence-electron chi connectivity index (χ4n) is 1.72. The third kappa shape index (κ3) is 4.91. The lowest BCUT2D eigenvalue weighted by molar-refractivity contribution is -0.309. The molecule has 0 bridgehead atoms. The molecule has 5 heteroatoms. The molecule has 0 fully saturated rings. The number of carboxylic acid groups (broad SMARTS) is 1. The van der Waals surface area contributed by atoms with Crippen LogP contribution in [0.15, 0.2) is 24.3 Å². The molecule has 0 saturated heterocycles. The summed E-state index contributed by atoms with van der Waals surface area (Å²) in [5.74, 6) is -1.42. The lowest BCUT2D eigenvalue weighted by atomic mass is 10.1. The van der Waals surface area contributed by atoms with Gasteiger partial charge in [-0.3, -0.25) is 4.79 Å². The van der Waals surface area contributed by atoms with Gasteiger partial charge in [-0.25, -0.2) is 0 Å². The molecular formula is C15H20NO4-. The van der Waals surface area contributed by atoms with E-state index < -0.39 is 17.9 Å². The molecule has 0 aliphatic carbocycles. The van der Waals surface area contributed by atoms with Crippen molar-refractivity contribution in [2.24, 2.45) is 5.92 Å². The number of hydrogen-bond acceptors (Lipinski definition) is 4. The summed E-state index contributed by atoms with van der Waals surface area (Å²) in [4.78, 5) is 22.5. The Hall–Kier alpha value is -2.04. The van der Waals surface area contributed by atoms with Gasteiger partial charge in [-0.05, 0) is 30.0 Å². The molecule has 0 heterocycles. The zero-order valence-corrected chi connectivity index (χ0v) is 12.0. The smallest absolute Gasteiger partial charge is 0.258 e. The van der Waals surface area contributed by atoms with Gasteiger partial charge in [0.15, 0.2) is 6.61 Å². The fourth-order valence-corrected chi connectivity index (χ4v) is 1.72. The standard InChI is InChI=1S/C15H21NO4/c1-4-11-6-5-7-12(8-11)20-9-13(17)16-14(10(2)3)15(18)19/h5-8,10,14H,4,9H2,1-3H3,(H,16,17)(H,18,19)/p-1/t14-/m0/s1. The van der Waals surface area contributed by atoms with Crippen molar-refractivity contribution < 1.29 is 19.4 Å². The molecule has 0 saturated carbocycles. The number of amides is 1. The molecule has 1 aromatic carbocycles. The Morgan fingerprint density at radius 1 is 1.35 bits per heavy atom. The van der Waals surface area contributed by atoms with Gasteiger partial charge in [0, 0.05) is 0 Å². The van der Waals surface area contributed by atoms with E-state index in [1.807, 2.05) is 25.1 Å². The highest BCUT2D eigenvalue weighted by atomic mass is 16.5. The number of rotatable bonds is 7. The van der Waals surface area contributed by atoms with Gasteiger partial charge in [0.2, 0.25) is 0 Å². The van der Waals surface area contributed by atoms with Gasteiger partial charge in [0.1, 0.15) is 5.75 Å². The molecule has 0 unspecified atom stereocenters. The molecule has 1 aromatic rings. The van der Waals surface area contributed by atoms with E-state index >= 15 is 0 Å². The number of carbonyl (C=O) groups excluding carboxylic acids is 2. The van der Waals surface area contributed by atoms with Gasteiger partial charge in [-0.1, -0.05) is 32.9 Å². The first-order chi connectivity index (χ1) is 9.43. The SMILES string of the molecule is CCc1cccc(OCC(=O)N[C@H](C(=O)[O-])C(C)C)c1. The maximum Gasteiger partial charge on any atom is 0.258 e. The Kier molecular flexibility index (Phi) is 6.03. The van der Waals surface area contributed by atoms with Crippen LogP contribution in [0.5, 0.6) is 5.75 Å². The van der Waals surface area contributed by atoms with Crippen LogP contribution in [0.1, 0.15) is 26.3 Å². The van der Waals surface area contributed by atoms with E-state index in [0.717, 1.165) is 12.0 Å². The summed E-state index contributed by atoms with van der Waals surface area (Å²) in [6.45, 7) is 5.21. The van der Waals surface area contributed by atoms with E-state index in [1.54, 1.807) is 19.9 Å². The van der Waals surface area contributed by atoms with Crippen LogP contribution >= 0.6 is 0 Å². The zero-order chi connectivity index (χ0) is 15.1. The highest BCUT2D eigenvalue weighted by Crippen LogP contribution is 2.13. The minimum absolute atomic E-state index is 0.219. The topological polar surface area (TPSA) is 78.5 Å². The summed E-state index contributed by atoms with van der Waals surface area (Å²) < 4.78 is 5.35. The minimum Gasteiger partial charge on any atom is -0.548 e. The summed E-state index contributed by atoms with van der Waals surface area (Å²) in [6, 6.07) is 6.42. The van der Waals surface area contributed by atoms with Crippen LogP contribution in [-0.4, -0.2) is 24.5 Å². The number of ether oxygens (including phenoxy) is 1. The van der Waals surface area contributed by atoms with Gasteiger partial charge in [0.25, 0.3) is 5.91 Å². The summed E-state index contributed by atoms with van der Waals surface area (Å²) in [5, 5.41) is 13.3. The Labute approximate surface area is 118 Å². The number of carboxylic acids is 1. The maximum atomic E-state index is 11.7. The molecule has 0 aliphatic heterocycles. The molecule has 20 heavy (non-hydrogen) atoms. The van der Waals surface area contributed by atoms with Crippen LogP contribution in [0, 0.1) is 5.92 Å². The Bertz CT molecular complexity index is 471. The minimum atomic E-state index is -1.29. The lowest BCUT2D eigenvalue weighted by Gasteiger charge is -2.23. The molecule has 1 rings (SSSR count). The molecular weight excluding hydrogens is 258 g/mol. The number of benzene rings is 1. The maximum absolute atomic E-state index is 11.7. The monoisotopic (exact) mass is 278 g/mol. The Balaban J connectivity index is 2.52. The van der Waals surface area contributed by atoms with Crippen molar-refractivity contribution in [3.8, 4) is 5.75 Å². The molecule has 1 atom stereocenters. The van der Waals surface area contributed by atoms with E-state index in [9.17, 15) is 14.7 Å². The van der Waals surface area contributed by atoms with Crippen LogP contribution in [0.4, 0.5) is 0 Å². The third-order valence-corrected chi connectivity index (χ3v) is 2.91. The second kappa shape index (κ2) is 7.53. The van der Waals surface area contributed by atoms with Gasteiger partial charge in [-0.15, -0.1) is 0 Å². The van der Waals surface area contributed by atoms with E-state index in [4.69, 9.17) is 4.74 Å². The van der Waals surface area contributed by atoms with Crippen molar-refractivity contribution in [2.75, 3.05) is 6.61 Å². The van der Waals surface area contributed by atoms with Crippen molar-refractivity contribution in [3.63, 3.8) is 0 Å². The normalized spacial score (nSPS) is 12.0. The van der Waals surface area contributed by atoms with Crippen LogP contribution in [0.3, 0.4) is 0 Å². The largest absolute Gasteiger partial charge is 0.548 e. The molecule has 0 spiro atoms. The van der Waals surface area contributed by atoms with Crippen LogP contribution in [0.25, 0.3) is 0 Å². The summed E-state index contributed by atoms with van der Waals surface area (Å²) >= 11 is 0. The first-order valence-electron chi connectivity index (χ1n) is 6.66. The van der Waals surface area contributed by atoms with E-state index in [0.29, 0.717) is 5.75 Å². The second-order valence-corrected chi connectivity index (χ2v) is 4.90. The van der Waals surface area contributed by atoms with Crippen molar-refractivity contribution in [1.29, 1.82) is 0 Å². The first-order valence-corrected chi connectivity index (χ1v) is 6.66. The molecule has 5 nitrogen and oxygen atoms in total. The Morgan fingerprint density at radius 2 is 2.05 bits per heavy atom. The number of aryl methyl sites for hydroxylation is 1. The third-order valence-electron chi connectivity index (χ3n) is 2.91. The summed E-state index contributed by atoms with van der Waals surface area (Å²) in [6.07, 6.45) is 0.878. The molecule has 0 aliphatic rings. The van der Waals surface area contributed by atoms with E-state index in [-0.39, 0.29) is 12.5 Å². The Morgan fingerprint density at radius 3 is 2.60 bits per heavy atom. The molecule has 1 N–H and O–H groups in total. The number of hydrogen-bond donors (Lipinski definition) is 1. The summed E-state index contributed by atoms with van der Waals surface area (Å²) in [7, 11) is 0. The fraction of sp³-hybridized carbons (Fsp3) is 0.467. The first kappa shape index (κ1) is 16.0. The van der Waals surface area contributed by atoms with Crippen molar-refractivity contribution >= 4 is 11.9 Å². The molecule has 0 radical (unpaired) electrons. The van der Waals surface area contributed by atoms with Crippen molar-refractivity contribution in [3.05, 3.63) is 29.8 Å². The second-order valence-electron chi connectivity index (χ2n) is 4.90. The predicted octanol–water partition coefficient (Wildman–Crippen LogP) is 0.518. The molecule has 110 valence electrons. The van der Waals surface area contributed by atoms with E-state index in [1.165, 1.54) is 0 Å². The van der Waals surface area contributed by atoms with E-state index in [2.05, 4.69) is 5.32 Å². The number of carbonyl (C=O) groups is 2. The molecule has 1 amide bonds. The molecule has 0 aromatic heterocycles. The average Bonchev–Trinajstić information content (AvgIpc) is 2.42. The lowest BCUT2D eigenvalue weighted by Crippen LogP contribution is -2.51. The van der Waals surface area contributed by atoms with Gasteiger partial charge >= 0.3 is 0 Å². The van der Waals surface area contributed by atoms with Gasteiger partial charge in [-0.2, -0.15) is 0 Å². The van der Waals surface area contributed by atoms with Gasteiger partial charge < -0.3 is 20.0 Å². The number of nitrogens with one attached hydrogen (secondary N) is 1.